The van der Waals surface area contributed by atoms with Crippen LogP contribution in [0.5, 0.6) is 0 Å². The van der Waals surface area contributed by atoms with Crippen molar-refractivity contribution < 1.29 is 0 Å². The van der Waals surface area contributed by atoms with Crippen LogP contribution < -0.4 is 0 Å². The number of pyridine rings is 1. The second kappa shape index (κ2) is 8.35. The summed E-state index contributed by atoms with van der Waals surface area (Å²) in [5, 5.41) is 3.25. The minimum atomic E-state index is 0.516. The maximum Gasteiger partial charge on any atom is 0.0929 e. The van der Waals surface area contributed by atoms with Crippen LogP contribution in [0.2, 0.25) is 0 Å². The van der Waals surface area contributed by atoms with Crippen LogP contribution in [-0.4, -0.2) is 35.0 Å². The number of thiazole rings is 1. The highest BCUT2D eigenvalue weighted by atomic mass is 35.5. The van der Waals surface area contributed by atoms with Crippen molar-refractivity contribution >= 4 is 22.9 Å². The number of alkyl halides is 1. The number of nitrogens with zero attached hydrogens (tertiary/aromatic N) is 3. The number of aromatic nitrogens is 2. The molecule has 0 spiro atoms. The fourth-order valence-corrected chi connectivity index (χ4v) is 3.08. The number of hydrogen-bond donors (Lipinski definition) is 0. The molecule has 0 atom stereocenters. The first-order chi connectivity index (χ1) is 9.78. The number of aryl methyl sites for hydroxylation is 1. The van der Waals surface area contributed by atoms with E-state index in [-0.39, 0.29) is 0 Å². The Morgan fingerprint density at radius 3 is 2.70 bits per heavy atom. The third-order valence-electron chi connectivity index (χ3n) is 3.20. The average Bonchev–Trinajstić information content (AvgIpc) is 2.94. The average molecular weight is 310 g/mol. The second-order valence-corrected chi connectivity index (χ2v) is 6.09. The lowest BCUT2D eigenvalue weighted by atomic mass is 10.2. The fourth-order valence-electron chi connectivity index (χ4n) is 2.01. The first kappa shape index (κ1) is 15.4. The van der Waals surface area contributed by atoms with Crippen LogP contribution in [0.1, 0.15) is 22.7 Å². The molecule has 2 heterocycles. The van der Waals surface area contributed by atoms with Crippen molar-refractivity contribution in [1.29, 1.82) is 0 Å². The Balaban J connectivity index is 1.63. The summed E-state index contributed by atoms with van der Waals surface area (Å²) in [4.78, 5) is 10.9. The molecule has 108 valence electrons. The van der Waals surface area contributed by atoms with Gasteiger partial charge in [-0.2, -0.15) is 0 Å². The Morgan fingerprint density at radius 1 is 1.20 bits per heavy atom. The summed E-state index contributed by atoms with van der Waals surface area (Å²) in [5.74, 6) is 0.516. The van der Waals surface area contributed by atoms with E-state index in [2.05, 4.69) is 39.4 Å². The highest BCUT2D eigenvalue weighted by molar-refractivity contribution is 7.09. The van der Waals surface area contributed by atoms with Crippen molar-refractivity contribution in [2.45, 2.75) is 25.1 Å². The van der Waals surface area contributed by atoms with Crippen LogP contribution in [0, 0.1) is 0 Å². The van der Waals surface area contributed by atoms with Crippen molar-refractivity contribution in [3.05, 3.63) is 46.2 Å². The van der Waals surface area contributed by atoms with E-state index in [1.807, 2.05) is 12.4 Å². The number of rotatable bonds is 8. The number of hydrogen-bond acceptors (Lipinski definition) is 4. The zero-order chi connectivity index (χ0) is 14.2. The fraction of sp³-hybridized carbons (Fsp3) is 0.467. The summed E-state index contributed by atoms with van der Waals surface area (Å²) in [5.41, 5.74) is 2.34. The van der Waals surface area contributed by atoms with Crippen molar-refractivity contribution in [3.8, 4) is 0 Å². The van der Waals surface area contributed by atoms with E-state index in [1.54, 1.807) is 11.3 Å². The van der Waals surface area contributed by atoms with Crippen LogP contribution in [0.25, 0.3) is 0 Å². The van der Waals surface area contributed by atoms with Crippen molar-refractivity contribution in [3.63, 3.8) is 0 Å². The van der Waals surface area contributed by atoms with Crippen LogP contribution in [0.3, 0.4) is 0 Å². The molecule has 0 aromatic carbocycles. The van der Waals surface area contributed by atoms with E-state index in [9.17, 15) is 0 Å². The molecular weight excluding hydrogens is 290 g/mol. The molecule has 2 rings (SSSR count). The molecule has 2 aromatic rings. The molecule has 5 heteroatoms. The van der Waals surface area contributed by atoms with Gasteiger partial charge in [-0.1, -0.05) is 0 Å². The normalized spacial score (nSPS) is 11.2. The minimum absolute atomic E-state index is 0.516. The van der Waals surface area contributed by atoms with Gasteiger partial charge in [0.25, 0.3) is 0 Å². The summed E-state index contributed by atoms with van der Waals surface area (Å²) >= 11 is 7.47. The first-order valence-corrected chi connectivity index (χ1v) is 8.26. The summed E-state index contributed by atoms with van der Waals surface area (Å²) in [6.45, 7) is 2.18. The van der Waals surface area contributed by atoms with E-state index in [4.69, 9.17) is 11.6 Å². The summed E-state index contributed by atoms with van der Waals surface area (Å²) in [6, 6.07) is 4.16. The molecule has 0 N–H and O–H groups in total. The highest BCUT2D eigenvalue weighted by Crippen LogP contribution is 2.13. The predicted molar refractivity (Wildman–Crippen MR) is 85.4 cm³/mol. The molecule has 0 saturated heterocycles. The molecule has 0 radical (unpaired) electrons. The number of likely N-dealkylation sites (N-methyl/N-ethyl adjacent to an activating group) is 1. The van der Waals surface area contributed by atoms with Gasteiger partial charge in [-0.25, -0.2) is 4.98 Å². The van der Waals surface area contributed by atoms with Gasteiger partial charge in [0, 0.05) is 30.7 Å². The minimum Gasteiger partial charge on any atom is -0.306 e. The van der Waals surface area contributed by atoms with E-state index < -0.39 is 0 Å². The Bertz CT molecular complexity index is 501. The van der Waals surface area contributed by atoms with Gasteiger partial charge in [-0.05, 0) is 44.1 Å². The van der Waals surface area contributed by atoms with Gasteiger partial charge in [0.1, 0.15) is 0 Å². The van der Waals surface area contributed by atoms with Gasteiger partial charge in [0.2, 0.25) is 0 Å². The molecule has 0 aliphatic heterocycles. The maximum atomic E-state index is 5.76. The van der Waals surface area contributed by atoms with Crippen LogP contribution in [0.4, 0.5) is 0 Å². The standard InChI is InChI=1S/C15H20ClN3S/c1-19(10-6-13-4-7-17-8-5-13)9-2-3-15-18-14(11-16)12-20-15/h4-5,7-8,12H,2-3,6,9-11H2,1H3. The molecule has 2 aromatic heterocycles. The van der Waals surface area contributed by atoms with Crippen molar-refractivity contribution in [2.75, 3.05) is 20.1 Å². The van der Waals surface area contributed by atoms with Crippen LogP contribution in [0.15, 0.2) is 29.9 Å². The highest BCUT2D eigenvalue weighted by Gasteiger charge is 2.03. The second-order valence-electron chi connectivity index (χ2n) is 4.88. The molecule has 0 fully saturated rings. The lowest BCUT2D eigenvalue weighted by Gasteiger charge is -2.15. The summed E-state index contributed by atoms with van der Waals surface area (Å²) < 4.78 is 0. The van der Waals surface area contributed by atoms with Gasteiger partial charge >= 0.3 is 0 Å². The Hall–Kier alpha value is -0.970. The molecular formula is C15H20ClN3S. The number of halogens is 1. The topological polar surface area (TPSA) is 29.0 Å². The lowest BCUT2D eigenvalue weighted by molar-refractivity contribution is 0.333. The summed E-state index contributed by atoms with van der Waals surface area (Å²) in [6.07, 6.45) is 6.97. The third-order valence-corrected chi connectivity index (χ3v) is 4.43. The van der Waals surface area contributed by atoms with E-state index in [0.717, 1.165) is 38.0 Å². The smallest absolute Gasteiger partial charge is 0.0929 e. The molecule has 20 heavy (non-hydrogen) atoms. The molecule has 0 aliphatic rings. The van der Waals surface area contributed by atoms with Gasteiger partial charge in [0.05, 0.1) is 16.6 Å². The zero-order valence-electron chi connectivity index (χ0n) is 11.8. The van der Waals surface area contributed by atoms with Gasteiger partial charge in [-0.15, -0.1) is 22.9 Å². The molecule has 0 saturated carbocycles. The molecule has 0 unspecified atom stereocenters. The zero-order valence-corrected chi connectivity index (χ0v) is 13.3. The predicted octanol–water partition coefficient (Wildman–Crippen LogP) is 3.38. The van der Waals surface area contributed by atoms with Gasteiger partial charge in [0.15, 0.2) is 0 Å². The van der Waals surface area contributed by atoms with E-state index >= 15 is 0 Å². The Morgan fingerprint density at radius 2 is 2.00 bits per heavy atom. The molecule has 0 bridgehead atoms. The van der Waals surface area contributed by atoms with Crippen molar-refractivity contribution in [1.82, 2.24) is 14.9 Å². The van der Waals surface area contributed by atoms with Crippen molar-refractivity contribution in [2.24, 2.45) is 0 Å². The van der Waals surface area contributed by atoms with E-state index in [1.165, 1.54) is 10.6 Å². The van der Waals surface area contributed by atoms with Crippen LogP contribution in [-0.2, 0) is 18.7 Å². The summed E-state index contributed by atoms with van der Waals surface area (Å²) in [7, 11) is 2.17. The lowest BCUT2D eigenvalue weighted by Crippen LogP contribution is -2.22. The molecule has 0 aliphatic carbocycles. The van der Waals surface area contributed by atoms with E-state index in [0.29, 0.717) is 5.88 Å². The first-order valence-electron chi connectivity index (χ1n) is 6.84. The Kier molecular flexibility index (Phi) is 6.43. The largest absolute Gasteiger partial charge is 0.306 e. The Labute approximate surface area is 129 Å². The SMILES string of the molecule is CN(CCCc1nc(CCl)cs1)CCc1ccncc1. The maximum absolute atomic E-state index is 5.76. The van der Waals surface area contributed by atoms with Gasteiger partial charge in [-0.3, -0.25) is 4.98 Å². The monoisotopic (exact) mass is 309 g/mol. The molecule has 0 amide bonds. The van der Waals surface area contributed by atoms with Crippen LogP contribution >= 0.6 is 22.9 Å². The molecule has 3 nitrogen and oxygen atoms in total. The quantitative estimate of drug-likeness (QED) is 0.700. The van der Waals surface area contributed by atoms with Gasteiger partial charge < -0.3 is 4.90 Å². The third kappa shape index (κ3) is 5.19.